The molecule has 0 aliphatic carbocycles. The number of piperazine rings is 1. The van der Waals surface area contributed by atoms with Gasteiger partial charge in [-0.3, -0.25) is 0 Å². The van der Waals surface area contributed by atoms with Crippen molar-refractivity contribution in [2.45, 2.75) is 25.8 Å². The Labute approximate surface area is 114 Å². The van der Waals surface area contributed by atoms with E-state index in [-0.39, 0.29) is 5.97 Å². The maximum atomic E-state index is 11.4. The lowest BCUT2D eigenvalue weighted by Crippen LogP contribution is -2.50. The summed E-state index contributed by atoms with van der Waals surface area (Å²) >= 11 is 0. The smallest absolute Gasteiger partial charge is 0.337 e. The van der Waals surface area contributed by atoms with Crippen LogP contribution in [0.2, 0.25) is 0 Å². The van der Waals surface area contributed by atoms with Crippen LogP contribution in [0.25, 0.3) is 0 Å². The van der Waals surface area contributed by atoms with Crippen LogP contribution in [-0.2, 0) is 4.74 Å². The molecular weight excluding hydrogens is 240 g/mol. The van der Waals surface area contributed by atoms with Crippen molar-refractivity contribution in [3.05, 3.63) is 29.8 Å². The second-order valence-electron chi connectivity index (χ2n) is 4.92. The molecule has 0 unspecified atom stereocenters. The molecule has 4 heteroatoms. The third-order valence-corrected chi connectivity index (χ3v) is 3.55. The van der Waals surface area contributed by atoms with Crippen LogP contribution in [-0.4, -0.2) is 38.8 Å². The number of nitrogens with zero attached hydrogens (tertiary/aromatic N) is 1. The Morgan fingerprint density at radius 2 is 2.16 bits per heavy atom. The zero-order valence-corrected chi connectivity index (χ0v) is 11.7. The molecule has 1 N–H and O–H groups in total. The van der Waals surface area contributed by atoms with Crippen LogP contribution in [0.3, 0.4) is 0 Å². The van der Waals surface area contributed by atoms with Gasteiger partial charge in [-0.1, -0.05) is 13.3 Å². The van der Waals surface area contributed by atoms with E-state index in [4.69, 9.17) is 4.74 Å². The molecule has 1 aromatic carbocycles. The average molecular weight is 262 g/mol. The Bertz CT molecular complexity index is 415. The van der Waals surface area contributed by atoms with Gasteiger partial charge in [-0.25, -0.2) is 4.79 Å². The van der Waals surface area contributed by atoms with E-state index in [0.29, 0.717) is 11.6 Å². The molecule has 1 aliphatic rings. The summed E-state index contributed by atoms with van der Waals surface area (Å²) in [5.74, 6) is -0.282. The summed E-state index contributed by atoms with van der Waals surface area (Å²) in [6.45, 7) is 5.28. The van der Waals surface area contributed by atoms with Crippen LogP contribution in [0.15, 0.2) is 24.3 Å². The van der Waals surface area contributed by atoms with Gasteiger partial charge in [0.2, 0.25) is 0 Å². The summed E-state index contributed by atoms with van der Waals surface area (Å²) in [6, 6.07) is 8.23. The number of methoxy groups -OCH3 is 1. The molecule has 0 saturated carbocycles. The fraction of sp³-hybridized carbons (Fsp3) is 0.533. The summed E-state index contributed by atoms with van der Waals surface area (Å²) in [6.07, 6.45) is 2.41. The molecular formula is C15H22N2O2. The van der Waals surface area contributed by atoms with Crippen molar-refractivity contribution in [3.63, 3.8) is 0 Å². The van der Waals surface area contributed by atoms with Gasteiger partial charge in [0.15, 0.2) is 0 Å². The van der Waals surface area contributed by atoms with Crippen LogP contribution < -0.4 is 10.2 Å². The van der Waals surface area contributed by atoms with E-state index >= 15 is 0 Å². The summed E-state index contributed by atoms with van der Waals surface area (Å²) in [7, 11) is 1.40. The first-order valence-electron chi connectivity index (χ1n) is 6.91. The van der Waals surface area contributed by atoms with Gasteiger partial charge in [-0.05, 0) is 30.7 Å². The topological polar surface area (TPSA) is 41.6 Å². The summed E-state index contributed by atoms with van der Waals surface area (Å²) < 4.78 is 4.71. The Morgan fingerprint density at radius 1 is 1.42 bits per heavy atom. The molecule has 1 aliphatic heterocycles. The minimum atomic E-state index is -0.282. The monoisotopic (exact) mass is 262 g/mol. The van der Waals surface area contributed by atoms with Gasteiger partial charge in [0.1, 0.15) is 0 Å². The van der Waals surface area contributed by atoms with Gasteiger partial charge < -0.3 is 15.0 Å². The number of carbonyl (C=O) groups excluding carboxylic acids is 1. The minimum Gasteiger partial charge on any atom is -0.465 e. The molecule has 0 spiro atoms. The van der Waals surface area contributed by atoms with E-state index < -0.39 is 0 Å². The summed E-state index contributed by atoms with van der Waals surface area (Å²) in [4.78, 5) is 13.8. The molecule has 19 heavy (non-hydrogen) atoms. The average Bonchev–Trinajstić information content (AvgIpc) is 2.47. The minimum absolute atomic E-state index is 0.282. The van der Waals surface area contributed by atoms with Crippen molar-refractivity contribution < 1.29 is 9.53 Å². The first kappa shape index (κ1) is 13.9. The van der Waals surface area contributed by atoms with Crippen molar-refractivity contribution in [1.29, 1.82) is 0 Å². The standard InChI is InChI=1S/C15H22N2O2/c1-3-4-13-11-17(10-9-16-13)14-7-5-12(6-8-14)15(18)19-2/h5-8,13,16H,3-4,9-11H2,1-2H3/t13-/m0/s1. The van der Waals surface area contributed by atoms with E-state index in [1.165, 1.54) is 25.6 Å². The number of hydrogen-bond donors (Lipinski definition) is 1. The molecule has 0 bridgehead atoms. The molecule has 1 atom stereocenters. The van der Waals surface area contributed by atoms with Crippen molar-refractivity contribution in [2.75, 3.05) is 31.6 Å². The van der Waals surface area contributed by atoms with E-state index in [1.807, 2.05) is 24.3 Å². The Balaban J connectivity index is 2.03. The predicted molar refractivity (Wildman–Crippen MR) is 76.7 cm³/mol. The fourth-order valence-electron chi connectivity index (χ4n) is 2.53. The van der Waals surface area contributed by atoms with Crippen molar-refractivity contribution >= 4 is 11.7 Å². The second kappa shape index (κ2) is 6.57. The number of hydrogen-bond acceptors (Lipinski definition) is 4. The lowest BCUT2D eigenvalue weighted by Gasteiger charge is -2.35. The maximum Gasteiger partial charge on any atom is 0.337 e. The highest BCUT2D eigenvalue weighted by molar-refractivity contribution is 5.89. The number of anilines is 1. The first-order valence-corrected chi connectivity index (χ1v) is 6.91. The number of benzene rings is 1. The van der Waals surface area contributed by atoms with Crippen LogP contribution in [0.4, 0.5) is 5.69 Å². The van der Waals surface area contributed by atoms with Gasteiger partial charge in [0.25, 0.3) is 0 Å². The number of esters is 1. The third-order valence-electron chi connectivity index (χ3n) is 3.55. The largest absolute Gasteiger partial charge is 0.465 e. The Kier molecular flexibility index (Phi) is 4.80. The quantitative estimate of drug-likeness (QED) is 0.843. The molecule has 104 valence electrons. The highest BCUT2D eigenvalue weighted by Crippen LogP contribution is 2.18. The van der Waals surface area contributed by atoms with Crippen molar-refractivity contribution in [3.8, 4) is 0 Å². The van der Waals surface area contributed by atoms with Crippen LogP contribution >= 0.6 is 0 Å². The normalized spacial score (nSPS) is 19.3. The van der Waals surface area contributed by atoms with E-state index in [1.54, 1.807) is 0 Å². The van der Waals surface area contributed by atoms with E-state index in [2.05, 4.69) is 17.1 Å². The summed E-state index contributed by atoms with van der Waals surface area (Å²) in [5.41, 5.74) is 1.78. The molecule has 0 radical (unpaired) electrons. The number of nitrogens with one attached hydrogen (secondary N) is 1. The van der Waals surface area contributed by atoms with Crippen molar-refractivity contribution in [1.82, 2.24) is 5.32 Å². The molecule has 1 heterocycles. The molecule has 0 amide bonds. The van der Waals surface area contributed by atoms with Gasteiger partial charge in [-0.15, -0.1) is 0 Å². The number of carbonyl (C=O) groups is 1. The zero-order valence-electron chi connectivity index (χ0n) is 11.7. The lowest BCUT2D eigenvalue weighted by molar-refractivity contribution is 0.0601. The van der Waals surface area contributed by atoms with Crippen LogP contribution in [0.5, 0.6) is 0 Å². The predicted octanol–water partition coefficient (Wildman–Crippen LogP) is 2.05. The molecule has 1 saturated heterocycles. The number of rotatable bonds is 4. The van der Waals surface area contributed by atoms with Gasteiger partial charge >= 0.3 is 5.97 Å². The van der Waals surface area contributed by atoms with Gasteiger partial charge in [0.05, 0.1) is 12.7 Å². The molecule has 4 nitrogen and oxygen atoms in total. The first-order chi connectivity index (χ1) is 9.24. The van der Waals surface area contributed by atoms with Crippen LogP contribution in [0, 0.1) is 0 Å². The van der Waals surface area contributed by atoms with Gasteiger partial charge in [0, 0.05) is 31.4 Å². The highest BCUT2D eigenvalue weighted by Gasteiger charge is 2.18. The van der Waals surface area contributed by atoms with E-state index in [0.717, 1.165) is 19.6 Å². The lowest BCUT2D eigenvalue weighted by atomic mass is 10.1. The van der Waals surface area contributed by atoms with Gasteiger partial charge in [-0.2, -0.15) is 0 Å². The Morgan fingerprint density at radius 3 is 2.79 bits per heavy atom. The maximum absolute atomic E-state index is 11.4. The Hall–Kier alpha value is -1.55. The van der Waals surface area contributed by atoms with Crippen molar-refractivity contribution in [2.24, 2.45) is 0 Å². The number of ether oxygens (including phenoxy) is 1. The van der Waals surface area contributed by atoms with E-state index in [9.17, 15) is 4.79 Å². The molecule has 2 rings (SSSR count). The highest BCUT2D eigenvalue weighted by atomic mass is 16.5. The summed E-state index contributed by atoms with van der Waals surface area (Å²) in [5, 5.41) is 3.54. The second-order valence-corrected chi connectivity index (χ2v) is 4.92. The third kappa shape index (κ3) is 3.47. The SMILES string of the molecule is CCC[C@H]1CN(c2ccc(C(=O)OC)cc2)CCN1. The molecule has 0 aromatic heterocycles. The molecule has 1 aromatic rings. The fourth-order valence-corrected chi connectivity index (χ4v) is 2.53. The van der Waals surface area contributed by atoms with Crippen LogP contribution in [0.1, 0.15) is 30.1 Å². The zero-order chi connectivity index (χ0) is 13.7. The molecule has 1 fully saturated rings.